The van der Waals surface area contributed by atoms with Crippen molar-refractivity contribution < 1.29 is 32.6 Å². The predicted octanol–water partition coefficient (Wildman–Crippen LogP) is 6.01. The molecular formula is C31H31F2N3O5. The molecule has 0 spiro atoms. The normalized spacial score (nSPS) is 22.8. The van der Waals surface area contributed by atoms with Crippen molar-refractivity contribution in [3.63, 3.8) is 0 Å². The third-order valence-electron chi connectivity index (χ3n) is 8.18. The van der Waals surface area contributed by atoms with Crippen LogP contribution in [0.15, 0.2) is 59.0 Å². The van der Waals surface area contributed by atoms with Gasteiger partial charge in [0.2, 0.25) is 5.91 Å². The van der Waals surface area contributed by atoms with Crippen LogP contribution in [0.25, 0.3) is 21.9 Å². The molecule has 0 radical (unpaired) electrons. The number of nitrogens with zero attached hydrogens (tertiary/aromatic N) is 2. The molecule has 1 aromatic heterocycles. The maximum absolute atomic E-state index is 15.5. The van der Waals surface area contributed by atoms with Gasteiger partial charge < -0.3 is 24.5 Å². The summed E-state index contributed by atoms with van der Waals surface area (Å²) in [6.45, 7) is 0.102. The minimum atomic E-state index is -1.18. The molecule has 2 heterocycles. The van der Waals surface area contributed by atoms with E-state index in [2.05, 4.69) is 10.3 Å². The highest BCUT2D eigenvalue weighted by Crippen LogP contribution is 2.31. The Labute approximate surface area is 235 Å². The lowest BCUT2D eigenvalue weighted by Gasteiger charge is -2.29. The van der Waals surface area contributed by atoms with Crippen LogP contribution >= 0.6 is 0 Å². The second-order valence-corrected chi connectivity index (χ2v) is 10.9. The number of nitrogens with one attached hydrogen (secondary N) is 1. The molecule has 2 fully saturated rings. The summed E-state index contributed by atoms with van der Waals surface area (Å²) in [5.41, 5.74) is 1.17. The third-order valence-corrected chi connectivity index (χ3v) is 8.18. The Kier molecular flexibility index (Phi) is 7.57. The Bertz CT molecular complexity index is 1580. The number of hydrogen-bond donors (Lipinski definition) is 2. The topological polar surface area (TPSA) is 105 Å². The van der Waals surface area contributed by atoms with E-state index in [0.29, 0.717) is 31.2 Å². The summed E-state index contributed by atoms with van der Waals surface area (Å²) in [7, 11) is 0. The lowest BCUT2D eigenvalue weighted by molar-refractivity contribution is -0.144. The number of ether oxygens (including phenoxy) is 1. The van der Waals surface area contributed by atoms with E-state index in [1.54, 1.807) is 6.07 Å². The molecule has 1 saturated carbocycles. The first-order chi connectivity index (χ1) is 19.9. The molecule has 1 amide bonds. The summed E-state index contributed by atoms with van der Waals surface area (Å²) < 4.78 is 41.6. The molecular weight excluding hydrogens is 532 g/mol. The third kappa shape index (κ3) is 5.74. The summed E-state index contributed by atoms with van der Waals surface area (Å²) in [4.78, 5) is 30.2. The first-order valence-corrected chi connectivity index (χ1v) is 14.0. The fourth-order valence-corrected chi connectivity index (χ4v) is 5.95. The lowest BCUT2D eigenvalue weighted by Crippen LogP contribution is -2.40. The molecule has 1 aliphatic carbocycles. The zero-order chi connectivity index (χ0) is 28.5. The zero-order valence-corrected chi connectivity index (χ0v) is 22.4. The number of likely N-dealkylation sites (tertiary alicyclic amines) is 1. The number of rotatable bonds is 8. The maximum Gasteiger partial charge on any atom is 0.306 e. The van der Waals surface area contributed by atoms with Crippen molar-refractivity contribution in [1.29, 1.82) is 0 Å². The molecule has 1 aliphatic heterocycles. The van der Waals surface area contributed by atoms with Gasteiger partial charge in [-0.15, -0.1) is 0 Å². The Morgan fingerprint density at radius 1 is 1.07 bits per heavy atom. The van der Waals surface area contributed by atoms with Gasteiger partial charge in [-0.3, -0.25) is 9.59 Å². The SMILES string of the molecule is O=C(O)C1CCC(OC[C@@H]2C[C@H](F)CN2C(=O)Cc2ccc3nc(Nc4cccc5ccccc45)oc3c2F)CC1. The molecule has 0 unspecified atom stereocenters. The van der Waals surface area contributed by atoms with E-state index in [4.69, 9.17) is 9.15 Å². The maximum atomic E-state index is 15.5. The number of alkyl halides is 1. The number of carboxylic acids is 1. The molecule has 2 atom stereocenters. The molecule has 41 heavy (non-hydrogen) atoms. The Morgan fingerprint density at radius 3 is 2.66 bits per heavy atom. The summed E-state index contributed by atoms with van der Waals surface area (Å²) in [5.74, 6) is -2.20. The second-order valence-electron chi connectivity index (χ2n) is 10.9. The van der Waals surface area contributed by atoms with Crippen molar-refractivity contribution in [2.24, 2.45) is 5.92 Å². The van der Waals surface area contributed by atoms with Gasteiger partial charge in [-0.05, 0) is 43.2 Å². The van der Waals surface area contributed by atoms with Crippen molar-refractivity contribution >= 4 is 45.5 Å². The van der Waals surface area contributed by atoms with E-state index in [1.807, 2.05) is 42.5 Å². The molecule has 8 nitrogen and oxygen atoms in total. The zero-order valence-electron chi connectivity index (χ0n) is 22.4. The Morgan fingerprint density at radius 2 is 1.85 bits per heavy atom. The molecule has 1 saturated heterocycles. The number of halogens is 2. The largest absolute Gasteiger partial charge is 0.481 e. The van der Waals surface area contributed by atoms with Gasteiger partial charge in [0.05, 0.1) is 43.3 Å². The predicted molar refractivity (Wildman–Crippen MR) is 149 cm³/mol. The van der Waals surface area contributed by atoms with E-state index in [0.717, 1.165) is 16.5 Å². The molecule has 4 aromatic rings. The molecule has 3 aromatic carbocycles. The van der Waals surface area contributed by atoms with Crippen LogP contribution in [0.2, 0.25) is 0 Å². The number of aliphatic carboxylic acids is 1. The standard InChI is InChI=1S/C31H31F2N3O5/c32-21-15-22(17-40-23-11-8-19(9-12-23)30(38)39)36(16-21)27(37)14-20-10-13-26-29(28(20)33)41-31(35-26)34-25-7-3-5-18-4-1-2-6-24(18)25/h1-7,10,13,19,21-23H,8-9,11-12,14-17H2,(H,34,35)(H,38,39)/t19?,21-,22-,23?/m0/s1. The van der Waals surface area contributed by atoms with Gasteiger partial charge in [0.15, 0.2) is 11.4 Å². The van der Waals surface area contributed by atoms with E-state index < -0.39 is 24.0 Å². The van der Waals surface area contributed by atoms with E-state index in [1.165, 1.54) is 11.0 Å². The van der Waals surface area contributed by atoms with Crippen LogP contribution < -0.4 is 5.32 Å². The molecule has 214 valence electrons. The number of benzene rings is 3. The number of oxazole rings is 1. The Balaban J connectivity index is 1.12. The molecule has 2 N–H and O–H groups in total. The van der Waals surface area contributed by atoms with Crippen LogP contribution in [-0.2, 0) is 20.7 Å². The minimum Gasteiger partial charge on any atom is -0.481 e. The lowest BCUT2D eigenvalue weighted by atomic mass is 9.87. The number of carbonyl (C=O) groups excluding carboxylic acids is 1. The highest BCUT2D eigenvalue weighted by Gasteiger charge is 2.37. The van der Waals surface area contributed by atoms with Crippen molar-refractivity contribution in [2.45, 2.75) is 56.8 Å². The summed E-state index contributed by atoms with van der Waals surface area (Å²) in [6.07, 6.45) is 0.949. The van der Waals surface area contributed by atoms with Crippen LogP contribution in [0.4, 0.5) is 20.5 Å². The van der Waals surface area contributed by atoms with Crippen molar-refractivity contribution in [2.75, 3.05) is 18.5 Å². The molecule has 6 rings (SSSR count). The number of hydrogen-bond acceptors (Lipinski definition) is 6. The Hall–Kier alpha value is -4.05. The van der Waals surface area contributed by atoms with Gasteiger partial charge in [0.1, 0.15) is 11.7 Å². The second kappa shape index (κ2) is 11.4. The van der Waals surface area contributed by atoms with Crippen LogP contribution in [0.1, 0.15) is 37.7 Å². The van der Waals surface area contributed by atoms with Gasteiger partial charge >= 0.3 is 5.97 Å². The van der Waals surface area contributed by atoms with Gasteiger partial charge in [-0.1, -0.05) is 42.5 Å². The number of fused-ring (bicyclic) bond motifs is 2. The monoisotopic (exact) mass is 563 g/mol. The highest BCUT2D eigenvalue weighted by atomic mass is 19.1. The van der Waals surface area contributed by atoms with E-state index in [-0.39, 0.29) is 61.1 Å². The first kappa shape index (κ1) is 27.1. The van der Waals surface area contributed by atoms with Crippen LogP contribution in [0, 0.1) is 11.7 Å². The van der Waals surface area contributed by atoms with Crippen molar-refractivity contribution in [3.05, 3.63) is 66.0 Å². The smallest absolute Gasteiger partial charge is 0.306 e. The summed E-state index contributed by atoms with van der Waals surface area (Å²) >= 11 is 0. The van der Waals surface area contributed by atoms with Crippen molar-refractivity contribution in [1.82, 2.24) is 9.88 Å². The average Bonchev–Trinajstić information content (AvgIpc) is 3.57. The van der Waals surface area contributed by atoms with Crippen LogP contribution in [0.3, 0.4) is 0 Å². The summed E-state index contributed by atoms with van der Waals surface area (Å²) in [5, 5.41) is 14.3. The fraction of sp³-hybridized carbons (Fsp3) is 0.387. The molecule has 0 bridgehead atoms. The van der Waals surface area contributed by atoms with Gasteiger partial charge in [0.25, 0.3) is 6.01 Å². The highest BCUT2D eigenvalue weighted by molar-refractivity contribution is 5.95. The van der Waals surface area contributed by atoms with E-state index >= 15 is 4.39 Å². The first-order valence-electron chi connectivity index (χ1n) is 14.0. The van der Waals surface area contributed by atoms with Gasteiger partial charge in [-0.2, -0.15) is 4.98 Å². The molecule has 2 aliphatic rings. The van der Waals surface area contributed by atoms with E-state index in [9.17, 15) is 19.1 Å². The van der Waals surface area contributed by atoms with Gasteiger partial charge in [0, 0.05) is 17.4 Å². The average molecular weight is 564 g/mol. The van der Waals surface area contributed by atoms with Crippen LogP contribution in [0.5, 0.6) is 0 Å². The number of aromatic nitrogens is 1. The number of amides is 1. The van der Waals surface area contributed by atoms with Crippen LogP contribution in [-0.4, -0.2) is 58.3 Å². The summed E-state index contributed by atoms with van der Waals surface area (Å²) in [6, 6.07) is 16.4. The number of carboxylic acid groups (broad SMARTS) is 1. The van der Waals surface area contributed by atoms with Gasteiger partial charge in [-0.25, -0.2) is 8.78 Å². The number of anilines is 2. The van der Waals surface area contributed by atoms with Crippen molar-refractivity contribution in [3.8, 4) is 0 Å². The minimum absolute atomic E-state index is 0.0559. The molecule has 10 heteroatoms. The number of carbonyl (C=O) groups is 2. The quantitative estimate of drug-likeness (QED) is 0.271. The fourth-order valence-electron chi connectivity index (χ4n) is 5.95.